The topological polar surface area (TPSA) is 38.7 Å². The highest BCUT2D eigenvalue weighted by Gasteiger charge is 2.32. The zero-order valence-electron chi connectivity index (χ0n) is 12.3. The summed E-state index contributed by atoms with van der Waals surface area (Å²) in [5.74, 6) is 0.767. The standard InChI is InChI=1S/C16H24O3/c1-11-5-6-14(12(2)17)15(9-11)18-10-13-7-8-16(3,4)19-13/h5-6,9,12-13,17H,7-8,10H2,1-4H3/t12-,13?/m0/s1. The molecule has 19 heavy (non-hydrogen) atoms. The molecule has 1 aromatic carbocycles. The van der Waals surface area contributed by atoms with Crippen molar-refractivity contribution in [3.05, 3.63) is 29.3 Å². The van der Waals surface area contributed by atoms with E-state index in [-0.39, 0.29) is 11.7 Å². The minimum atomic E-state index is -0.517. The van der Waals surface area contributed by atoms with E-state index in [4.69, 9.17) is 9.47 Å². The quantitative estimate of drug-likeness (QED) is 0.906. The molecule has 3 heteroatoms. The molecule has 1 fully saturated rings. The van der Waals surface area contributed by atoms with Crippen LogP contribution in [0, 0.1) is 6.92 Å². The summed E-state index contributed by atoms with van der Waals surface area (Å²) in [6.45, 7) is 8.55. The third-order valence-corrected chi connectivity index (χ3v) is 3.60. The minimum Gasteiger partial charge on any atom is -0.490 e. The molecule has 0 bridgehead atoms. The Hall–Kier alpha value is -1.06. The van der Waals surface area contributed by atoms with Crippen molar-refractivity contribution in [3.63, 3.8) is 0 Å². The Morgan fingerprint density at radius 1 is 1.47 bits per heavy atom. The first-order chi connectivity index (χ1) is 8.87. The second-order valence-corrected chi connectivity index (χ2v) is 6.07. The van der Waals surface area contributed by atoms with Gasteiger partial charge in [-0.25, -0.2) is 0 Å². The van der Waals surface area contributed by atoms with Gasteiger partial charge in [0, 0.05) is 5.56 Å². The van der Waals surface area contributed by atoms with Gasteiger partial charge in [0.05, 0.1) is 17.8 Å². The average molecular weight is 264 g/mol. The van der Waals surface area contributed by atoms with Crippen LogP contribution < -0.4 is 4.74 Å². The lowest BCUT2D eigenvalue weighted by molar-refractivity contribution is -0.0330. The molecule has 1 unspecified atom stereocenters. The molecule has 0 radical (unpaired) electrons. The molecule has 0 spiro atoms. The van der Waals surface area contributed by atoms with Crippen LogP contribution in [-0.2, 0) is 4.74 Å². The Morgan fingerprint density at radius 3 is 2.79 bits per heavy atom. The second kappa shape index (κ2) is 5.51. The zero-order valence-corrected chi connectivity index (χ0v) is 12.3. The number of benzene rings is 1. The predicted octanol–water partition coefficient (Wildman–Crippen LogP) is 3.38. The van der Waals surface area contributed by atoms with Gasteiger partial charge in [-0.2, -0.15) is 0 Å². The fourth-order valence-corrected chi connectivity index (χ4v) is 2.49. The Balaban J connectivity index is 2.01. The summed E-state index contributed by atoms with van der Waals surface area (Å²) in [7, 11) is 0. The molecule has 0 saturated carbocycles. The number of aliphatic hydroxyl groups is 1. The fourth-order valence-electron chi connectivity index (χ4n) is 2.49. The maximum Gasteiger partial charge on any atom is 0.125 e. The van der Waals surface area contributed by atoms with Gasteiger partial charge in [-0.1, -0.05) is 12.1 Å². The molecule has 1 aromatic rings. The summed E-state index contributed by atoms with van der Waals surface area (Å²) in [6, 6.07) is 5.89. The molecule has 1 aliphatic rings. The van der Waals surface area contributed by atoms with Crippen molar-refractivity contribution >= 4 is 0 Å². The van der Waals surface area contributed by atoms with Crippen molar-refractivity contribution in [1.29, 1.82) is 0 Å². The van der Waals surface area contributed by atoms with Crippen molar-refractivity contribution in [2.75, 3.05) is 6.61 Å². The lowest BCUT2D eigenvalue weighted by Gasteiger charge is -2.20. The minimum absolute atomic E-state index is 0.0340. The van der Waals surface area contributed by atoms with E-state index in [2.05, 4.69) is 13.8 Å². The third-order valence-electron chi connectivity index (χ3n) is 3.60. The number of hydrogen-bond donors (Lipinski definition) is 1. The van der Waals surface area contributed by atoms with Gasteiger partial charge in [-0.15, -0.1) is 0 Å². The molecule has 0 aromatic heterocycles. The lowest BCUT2D eigenvalue weighted by atomic mass is 10.1. The fraction of sp³-hybridized carbons (Fsp3) is 0.625. The summed E-state index contributed by atoms with van der Waals surface area (Å²) < 4.78 is 11.8. The Bertz CT molecular complexity index is 438. The molecule has 1 saturated heterocycles. The average Bonchev–Trinajstić information content (AvgIpc) is 2.66. The molecule has 2 atom stereocenters. The van der Waals surface area contributed by atoms with Gasteiger partial charge in [-0.3, -0.25) is 0 Å². The van der Waals surface area contributed by atoms with Crippen LogP contribution in [0.4, 0.5) is 0 Å². The Labute approximate surface area is 115 Å². The molecule has 0 amide bonds. The Kier molecular flexibility index (Phi) is 4.16. The normalized spacial score (nSPS) is 23.3. The van der Waals surface area contributed by atoms with E-state index in [1.54, 1.807) is 6.92 Å². The van der Waals surface area contributed by atoms with Crippen LogP contribution in [0.25, 0.3) is 0 Å². The van der Waals surface area contributed by atoms with Crippen LogP contribution in [0.1, 0.15) is 50.8 Å². The number of aryl methyl sites for hydroxylation is 1. The largest absolute Gasteiger partial charge is 0.490 e. The molecule has 1 aliphatic heterocycles. The van der Waals surface area contributed by atoms with E-state index >= 15 is 0 Å². The van der Waals surface area contributed by atoms with Crippen molar-refractivity contribution in [2.24, 2.45) is 0 Å². The monoisotopic (exact) mass is 264 g/mol. The van der Waals surface area contributed by atoms with Gasteiger partial charge >= 0.3 is 0 Å². The first-order valence-corrected chi connectivity index (χ1v) is 6.96. The van der Waals surface area contributed by atoms with Crippen molar-refractivity contribution < 1.29 is 14.6 Å². The van der Waals surface area contributed by atoms with Gasteiger partial charge in [0.1, 0.15) is 12.4 Å². The summed E-state index contributed by atoms with van der Waals surface area (Å²) in [6.07, 6.45) is 1.73. The number of ether oxygens (including phenoxy) is 2. The summed E-state index contributed by atoms with van der Waals surface area (Å²) in [4.78, 5) is 0. The van der Waals surface area contributed by atoms with E-state index < -0.39 is 6.10 Å². The maximum absolute atomic E-state index is 9.76. The highest BCUT2D eigenvalue weighted by atomic mass is 16.6. The molecule has 106 valence electrons. The summed E-state index contributed by atoms with van der Waals surface area (Å²) in [5.41, 5.74) is 1.93. The molecular formula is C16H24O3. The predicted molar refractivity (Wildman–Crippen MR) is 75.5 cm³/mol. The summed E-state index contributed by atoms with van der Waals surface area (Å²) >= 11 is 0. The number of aliphatic hydroxyl groups excluding tert-OH is 1. The first-order valence-electron chi connectivity index (χ1n) is 6.96. The number of hydrogen-bond acceptors (Lipinski definition) is 3. The molecular weight excluding hydrogens is 240 g/mol. The van der Waals surface area contributed by atoms with Crippen molar-refractivity contribution in [3.8, 4) is 5.75 Å². The maximum atomic E-state index is 9.76. The second-order valence-electron chi connectivity index (χ2n) is 6.07. The van der Waals surface area contributed by atoms with Gasteiger partial charge in [0.25, 0.3) is 0 Å². The molecule has 1 heterocycles. The lowest BCUT2D eigenvalue weighted by Crippen LogP contribution is -2.24. The van der Waals surface area contributed by atoms with E-state index in [0.29, 0.717) is 6.61 Å². The van der Waals surface area contributed by atoms with E-state index in [9.17, 15) is 5.11 Å². The smallest absolute Gasteiger partial charge is 0.125 e. The Morgan fingerprint density at radius 2 is 2.21 bits per heavy atom. The van der Waals surface area contributed by atoms with Crippen LogP contribution in [0.15, 0.2) is 18.2 Å². The third kappa shape index (κ3) is 3.71. The first kappa shape index (κ1) is 14.4. The zero-order chi connectivity index (χ0) is 14.0. The van der Waals surface area contributed by atoms with Crippen LogP contribution >= 0.6 is 0 Å². The summed E-state index contributed by atoms with van der Waals surface area (Å²) in [5, 5.41) is 9.76. The van der Waals surface area contributed by atoms with Crippen LogP contribution in [0.2, 0.25) is 0 Å². The molecule has 1 N–H and O–H groups in total. The van der Waals surface area contributed by atoms with Gasteiger partial charge in [-0.05, 0) is 52.2 Å². The molecule has 3 nitrogen and oxygen atoms in total. The highest BCUT2D eigenvalue weighted by molar-refractivity contribution is 5.38. The molecule has 2 rings (SSSR count). The van der Waals surface area contributed by atoms with Crippen LogP contribution in [-0.4, -0.2) is 23.4 Å². The van der Waals surface area contributed by atoms with E-state index in [1.165, 1.54) is 0 Å². The molecule has 0 aliphatic carbocycles. The van der Waals surface area contributed by atoms with E-state index in [0.717, 1.165) is 29.7 Å². The van der Waals surface area contributed by atoms with Gasteiger partial charge in [0.2, 0.25) is 0 Å². The number of rotatable bonds is 4. The van der Waals surface area contributed by atoms with Crippen molar-refractivity contribution in [2.45, 2.75) is 58.3 Å². The van der Waals surface area contributed by atoms with Crippen molar-refractivity contribution in [1.82, 2.24) is 0 Å². The van der Waals surface area contributed by atoms with Crippen LogP contribution in [0.5, 0.6) is 5.75 Å². The van der Waals surface area contributed by atoms with Gasteiger partial charge < -0.3 is 14.6 Å². The SMILES string of the molecule is Cc1ccc([C@H](C)O)c(OCC2CCC(C)(C)O2)c1. The van der Waals surface area contributed by atoms with Crippen LogP contribution in [0.3, 0.4) is 0 Å². The van der Waals surface area contributed by atoms with Gasteiger partial charge in [0.15, 0.2) is 0 Å². The highest BCUT2D eigenvalue weighted by Crippen LogP contribution is 2.31. The van der Waals surface area contributed by atoms with E-state index in [1.807, 2.05) is 25.1 Å².